The van der Waals surface area contributed by atoms with Gasteiger partial charge in [-0.15, -0.1) is 0 Å². The minimum absolute atomic E-state index is 0.0542. The number of aliphatic hydroxyl groups excluding tert-OH is 1. The van der Waals surface area contributed by atoms with Crippen molar-refractivity contribution in [1.29, 1.82) is 0 Å². The molecule has 1 unspecified atom stereocenters. The van der Waals surface area contributed by atoms with Gasteiger partial charge in [0.05, 0.1) is 0 Å². The molecule has 0 aliphatic carbocycles. The van der Waals surface area contributed by atoms with E-state index in [1.165, 1.54) is 0 Å². The highest BCUT2D eigenvalue weighted by atomic mass is 16.3. The Hall–Kier alpha value is -0.610. The predicted octanol–water partition coefficient (Wildman–Crippen LogP) is 0.605. The van der Waals surface area contributed by atoms with Crippen LogP contribution < -0.4 is 5.32 Å². The summed E-state index contributed by atoms with van der Waals surface area (Å²) < 4.78 is 0. The van der Waals surface area contributed by atoms with E-state index in [-0.39, 0.29) is 18.1 Å². The smallest absolute Gasteiger partial charge is 0.223 e. The van der Waals surface area contributed by atoms with Gasteiger partial charge >= 0.3 is 0 Å². The van der Waals surface area contributed by atoms with E-state index in [0.29, 0.717) is 13.0 Å². The molecule has 0 aliphatic rings. The van der Waals surface area contributed by atoms with Gasteiger partial charge < -0.3 is 15.3 Å². The van der Waals surface area contributed by atoms with Crippen molar-refractivity contribution < 1.29 is 9.90 Å². The SMILES string of the molecule is CCC(C)(CCO)NCCC(=O)N(C)C. The van der Waals surface area contributed by atoms with E-state index in [0.717, 1.165) is 12.8 Å². The summed E-state index contributed by atoms with van der Waals surface area (Å²) in [5, 5.41) is 12.2. The van der Waals surface area contributed by atoms with Crippen LogP contribution in [0.4, 0.5) is 0 Å². The Kier molecular flexibility index (Phi) is 6.52. The summed E-state index contributed by atoms with van der Waals surface area (Å²) in [5.41, 5.74) is -0.0542. The summed E-state index contributed by atoms with van der Waals surface area (Å²) in [6, 6.07) is 0. The van der Waals surface area contributed by atoms with E-state index in [9.17, 15) is 4.79 Å². The van der Waals surface area contributed by atoms with Crippen LogP contribution in [0, 0.1) is 0 Å². The molecular weight excluding hydrogens is 192 g/mol. The third-order valence-electron chi connectivity index (χ3n) is 2.83. The molecule has 0 fully saturated rings. The van der Waals surface area contributed by atoms with Crippen molar-refractivity contribution in [2.75, 3.05) is 27.2 Å². The molecule has 0 heterocycles. The molecular formula is C11H24N2O2. The van der Waals surface area contributed by atoms with Crippen LogP contribution >= 0.6 is 0 Å². The molecule has 0 aromatic heterocycles. The number of aliphatic hydroxyl groups is 1. The Morgan fingerprint density at radius 1 is 1.47 bits per heavy atom. The van der Waals surface area contributed by atoms with Gasteiger partial charge in [0.15, 0.2) is 0 Å². The van der Waals surface area contributed by atoms with Crippen molar-refractivity contribution in [3.05, 3.63) is 0 Å². The van der Waals surface area contributed by atoms with Crippen molar-refractivity contribution in [2.45, 2.75) is 38.6 Å². The Morgan fingerprint density at radius 2 is 2.07 bits per heavy atom. The lowest BCUT2D eigenvalue weighted by Gasteiger charge is -2.29. The van der Waals surface area contributed by atoms with Gasteiger partial charge in [0.1, 0.15) is 0 Å². The minimum Gasteiger partial charge on any atom is -0.396 e. The molecule has 4 nitrogen and oxygen atoms in total. The molecule has 0 bridgehead atoms. The average Bonchev–Trinajstić information content (AvgIpc) is 2.18. The van der Waals surface area contributed by atoms with Crippen molar-refractivity contribution in [1.82, 2.24) is 10.2 Å². The number of hydrogen-bond acceptors (Lipinski definition) is 3. The molecule has 0 aromatic rings. The third kappa shape index (κ3) is 5.74. The first-order valence-electron chi connectivity index (χ1n) is 5.51. The normalized spacial score (nSPS) is 14.7. The standard InChI is InChI=1S/C11H24N2O2/c1-5-11(2,7-9-14)12-8-6-10(15)13(3)4/h12,14H,5-9H2,1-4H3. The van der Waals surface area contributed by atoms with Crippen LogP contribution in [0.25, 0.3) is 0 Å². The van der Waals surface area contributed by atoms with Crippen LogP contribution in [0.2, 0.25) is 0 Å². The molecule has 0 saturated carbocycles. The van der Waals surface area contributed by atoms with E-state index in [4.69, 9.17) is 5.11 Å². The average molecular weight is 216 g/mol. The molecule has 0 aromatic carbocycles. The molecule has 1 amide bonds. The Morgan fingerprint density at radius 3 is 2.47 bits per heavy atom. The molecule has 0 rings (SSSR count). The lowest BCUT2D eigenvalue weighted by Crippen LogP contribution is -2.44. The number of carbonyl (C=O) groups is 1. The van der Waals surface area contributed by atoms with Gasteiger partial charge in [0.25, 0.3) is 0 Å². The van der Waals surface area contributed by atoms with Gasteiger partial charge in [0, 0.05) is 39.2 Å². The molecule has 2 N–H and O–H groups in total. The van der Waals surface area contributed by atoms with Crippen molar-refractivity contribution in [2.24, 2.45) is 0 Å². The zero-order valence-electron chi connectivity index (χ0n) is 10.3. The highest BCUT2D eigenvalue weighted by Gasteiger charge is 2.20. The highest BCUT2D eigenvalue weighted by molar-refractivity contribution is 5.75. The summed E-state index contributed by atoms with van der Waals surface area (Å²) in [7, 11) is 3.52. The maximum Gasteiger partial charge on any atom is 0.223 e. The monoisotopic (exact) mass is 216 g/mol. The molecule has 90 valence electrons. The van der Waals surface area contributed by atoms with Gasteiger partial charge in [-0.25, -0.2) is 0 Å². The first-order chi connectivity index (χ1) is 6.95. The van der Waals surface area contributed by atoms with E-state index in [1.54, 1.807) is 19.0 Å². The number of nitrogens with one attached hydrogen (secondary N) is 1. The highest BCUT2D eigenvalue weighted by Crippen LogP contribution is 2.13. The van der Waals surface area contributed by atoms with Crippen molar-refractivity contribution >= 4 is 5.91 Å². The number of carbonyl (C=O) groups excluding carboxylic acids is 1. The van der Waals surface area contributed by atoms with E-state index in [2.05, 4.69) is 19.2 Å². The Labute approximate surface area is 92.7 Å². The second kappa shape index (κ2) is 6.80. The topological polar surface area (TPSA) is 52.6 Å². The molecule has 0 spiro atoms. The number of nitrogens with zero attached hydrogens (tertiary/aromatic N) is 1. The van der Waals surface area contributed by atoms with Crippen molar-refractivity contribution in [3.63, 3.8) is 0 Å². The Bertz CT molecular complexity index is 195. The molecule has 4 heteroatoms. The van der Waals surface area contributed by atoms with Gasteiger partial charge in [0.2, 0.25) is 5.91 Å². The molecule has 0 saturated heterocycles. The van der Waals surface area contributed by atoms with Gasteiger partial charge in [-0.3, -0.25) is 4.79 Å². The summed E-state index contributed by atoms with van der Waals surface area (Å²) in [5.74, 6) is 0.130. The maximum absolute atomic E-state index is 11.3. The largest absolute Gasteiger partial charge is 0.396 e. The predicted molar refractivity (Wildman–Crippen MR) is 61.7 cm³/mol. The van der Waals surface area contributed by atoms with Crippen LogP contribution in [0.3, 0.4) is 0 Å². The lowest BCUT2D eigenvalue weighted by molar-refractivity contribution is -0.128. The van der Waals surface area contributed by atoms with E-state index >= 15 is 0 Å². The summed E-state index contributed by atoms with van der Waals surface area (Å²) in [6.07, 6.45) is 2.18. The van der Waals surface area contributed by atoms with Crippen molar-refractivity contribution in [3.8, 4) is 0 Å². The zero-order valence-corrected chi connectivity index (χ0v) is 10.3. The van der Waals surface area contributed by atoms with Crippen LogP contribution in [0.1, 0.15) is 33.1 Å². The third-order valence-corrected chi connectivity index (χ3v) is 2.83. The van der Waals surface area contributed by atoms with E-state index in [1.807, 2.05) is 0 Å². The number of amides is 1. The molecule has 1 atom stereocenters. The summed E-state index contributed by atoms with van der Waals surface area (Å²) >= 11 is 0. The van der Waals surface area contributed by atoms with Gasteiger partial charge in [-0.05, 0) is 19.8 Å². The van der Waals surface area contributed by atoms with Gasteiger partial charge in [-0.1, -0.05) is 6.92 Å². The maximum atomic E-state index is 11.3. The second-order valence-corrected chi connectivity index (χ2v) is 4.35. The fourth-order valence-electron chi connectivity index (χ4n) is 1.33. The molecule has 0 aliphatic heterocycles. The van der Waals surface area contributed by atoms with Crippen LogP contribution in [0.15, 0.2) is 0 Å². The second-order valence-electron chi connectivity index (χ2n) is 4.35. The first-order valence-corrected chi connectivity index (χ1v) is 5.51. The first kappa shape index (κ1) is 14.4. The fourth-order valence-corrected chi connectivity index (χ4v) is 1.33. The molecule has 0 radical (unpaired) electrons. The quantitative estimate of drug-likeness (QED) is 0.655. The number of hydrogen-bond donors (Lipinski definition) is 2. The van der Waals surface area contributed by atoms with Crippen LogP contribution in [0.5, 0.6) is 0 Å². The zero-order chi connectivity index (χ0) is 11.9. The van der Waals surface area contributed by atoms with E-state index < -0.39 is 0 Å². The van der Waals surface area contributed by atoms with Crippen LogP contribution in [-0.2, 0) is 4.79 Å². The lowest BCUT2D eigenvalue weighted by atomic mass is 9.95. The van der Waals surface area contributed by atoms with Gasteiger partial charge in [-0.2, -0.15) is 0 Å². The minimum atomic E-state index is -0.0542. The molecule has 15 heavy (non-hydrogen) atoms. The Balaban J connectivity index is 3.86. The van der Waals surface area contributed by atoms with Crippen LogP contribution in [-0.4, -0.2) is 48.7 Å². The number of rotatable bonds is 7. The summed E-state index contributed by atoms with van der Waals surface area (Å²) in [6.45, 7) is 5.00. The fraction of sp³-hybridized carbons (Fsp3) is 0.909. The summed E-state index contributed by atoms with van der Waals surface area (Å²) in [4.78, 5) is 12.9.